The second kappa shape index (κ2) is 10.5. The summed E-state index contributed by atoms with van der Waals surface area (Å²) in [6.45, 7) is 1.18. The third-order valence-corrected chi connectivity index (χ3v) is 4.55. The molecule has 0 aromatic heterocycles. The van der Waals surface area contributed by atoms with Crippen molar-refractivity contribution in [3.63, 3.8) is 0 Å². The van der Waals surface area contributed by atoms with Gasteiger partial charge >= 0.3 is 6.09 Å². The highest BCUT2D eigenvalue weighted by Gasteiger charge is 2.15. The Morgan fingerprint density at radius 2 is 1.73 bits per heavy atom. The van der Waals surface area contributed by atoms with Crippen LogP contribution in [0.15, 0.2) is 53.4 Å². The van der Waals surface area contributed by atoms with Gasteiger partial charge in [-0.05, 0) is 30.5 Å². The second-order valence-corrected chi connectivity index (χ2v) is 6.92. The molecular formula is C19H23NO5S. The molecule has 140 valence electrons. The Labute approximate surface area is 155 Å². The number of carbonyl (C=O) groups is 1. The molecule has 0 bridgehead atoms. The zero-order chi connectivity index (χ0) is 18.8. The summed E-state index contributed by atoms with van der Waals surface area (Å²) in [6, 6.07) is 15.1. The van der Waals surface area contributed by atoms with Crippen LogP contribution in [0.25, 0.3) is 0 Å². The fourth-order valence-corrected chi connectivity index (χ4v) is 3.17. The summed E-state index contributed by atoms with van der Waals surface area (Å²) in [4.78, 5) is 10.9. The van der Waals surface area contributed by atoms with Gasteiger partial charge < -0.3 is 19.9 Å². The molecule has 26 heavy (non-hydrogen) atoms. The van der Waals surface area contributed by atoms with Gasteiger partial charge in [0.15, 0.2) is 0 Å². The van der Waals surface area contributed by atoms with Crippen molar-refractivity contribution in [3.8, 4) is 11.5 Å². The van der Waals surface area contributed by atoms with E-state index in [1.54, 1.807) is 24.5 Å². The molecule has 2 N–H and O–H groups in total. The summed E-state index contributed by atoms with van der Waals surface area (Å²) in [7, 11) is -1.27. The van der Waals surface area contributed by atoms with Gasteiger partial charge in [0.1, 0.15) is 23.0 Å². The fourth-order valence-electron chi connectivity index (χ4n) is 2.35. The maximum atomic E-state index is 12.2. The standard InChI is InChI=1S/C19H23NO5S/c1-26(23)18-16(24-13-6-5-12-20-19(21)22)10-7-11-17(18)25-14-15-8-3-2-4-9-15/h2-4,7-11,20H,5-6,12-14H2,1H3,(H,21,22). The molecule has 0 spiro atoms. The average Bonchev–Trinajstić information content (AvgIpc) is 2.63. The van der Waals surface area contributed by atoms with Crippen LogP contribution in [0.2, 0.25) is 0 Å². The fraction of sp³-hybridized carbons (Fsp3) is 0.316. The monoisotopic (exact) mass is 377 g/mol. The lowest BCUT2D eigenvalue weighted by Crippen LogP contribution is -2.22. The zero-order valence-corrected chi connectivity index (χ0v) is 15.5. The number of amides is 1. The van der Waals surface area contributed by atoms with Gasteiger partial charge in [-0.15, -0.1) is 0 Å². The largest absolute Gasteiger partial charge is 0.492 e. The lowest BCUT2D eigenvalue weighted by Gasteiger charge is -2.15. The molecule has 7 heteroatoms. The first-order valence-electron chi connectivity index (χ1n) is 8.30. The minimum atomic E-state index is -1.27. The molecule has 2 aromatic carbocycles. The van der Waals surface area contributed by atoms with Crippen LogP contribution >= 0.6 is 0 Å². The van der Waals surface area contributed by atoms with Crippen LogP contribution in [-0.2, 0) is 17.4 Å². The molecule has 0 saturated carbocycles. The van der Waals surface area contributed by atoms with Crippen molar-refractivity contribution in [1.29, 1.82) is 0 Å². The lowest BCUT2D eigenvalue weighted by atomic mass is 10.2. The number of rotatable bonds is 10. The molecule has 1 unspecified atom stereocenters. The average molecular weight is 377 g/mol. The third kappa shape index (κ3) is 6.40. The van der Waals surface area contributed by atoms with Crippen LogP contribution in [0, 0.1) is 0 Å². The Morgan fingerprint density at radius 3 is 2.38 bits per heavy atom. The molecular weight excluding hydrogens is 354 g/mol. The summed E-state index contributed by atoms with van der Waals surface area (Å²) < 4.78 is 23.8. The van der Waals surface area contributed by atoms with Crippen LogP contribution in [-0.4, -0.2) is 34.8 Å². The third-order valence-electron chi connectivity index (χ3n) is 3.57. The predicted molar refractivity (Wildman–Crippen MR) is 100 cm³/mol. The van der Waals surface area contributed by atoms with Crippen molar-refractivity contribution >= 4 is 16.9 Å². The zero-order valence-electron chi connectivity index (χ0n) is 14.6. The Bertz CT molecular complexity index is 736. The van der Waals surface area contributed by atoms with Gasteiger partial charge in [-0.2, -0.15) is 0 Å². The van der Waals surface area contributed by atoms with Crippen LogP contribution in [0.1, 0.15) is 18.4 Å². The molecule has 0 aliphatic rings. The molecule has 2 aromatic rings. The van der Waals surface area contributed by atoms with Gasteiger partial charge in [0, 0.05) is 12.8 Å². The Morgan fingerprint density at radius 1 is 1.04 bits per heavy atom. The van der Waals surface area contributed by atoms with E-state index < -0.39 is 16.9 Å². The van der Waals surface area contributed by atoms with Gasteiger partial charge in [-0.3, -0.25) is 4.21 Å². The summed E-state index contributed by atoms with van der Waals surface area (Å²) in [5, 5.41) is 10.8. The van der Waals surface area contributed by atoms with E-state index in [1.807, 2.05) is 30.3 Å². The highest BCUT2D eigenvalue weighted by molar-refractivity contribution is 7.84. The number of hydrogen-bond donors (Lipinski definition) is 2. The molecule has 0 saturated heterocycles. The first-order valence-corrected chi connectivity index (χ1v) is 9.86. The Kier molecular flexibility index (Phi) is 7.95. The van der Waals surface area contributed by atoms with E-state index in [0.29, 0.717) is 49.0 Å². The summed E-state index contributed by atoms with van der Waals surface area (Å²) in [5.41, 5.74) is 1.03. The molecule has 0 aliphatic heterocycles. The number of benzene rings is 2. The topological polar surface area (TPSA) is 84.9 Å². The van der Waals surface area contributed by atoms with Gasteiger partial charge in [0.25, 0.3) is 0 Å². The van der Waals surface area contributed by atoms with Crippen molar-refractivity contribution in [1.82, 2.24) is 5.32 Å². The second-order valence-electron chi connectivity index (χ2n) is 5.60. The summed E-state index contributed by atoms with van der Waals surface area (Å²) in [6.07, 6.45) is 1.92. The van der Waals surface area contributed by atoms with Crippen molar-refractivity contribution in [2.24, 2.45) is 0 Å². The maximum Gasteiger partial charge on any atom is 0.404 e. The molecule has 0 heterocycles. The molecule has 0 aliphatic carbocycles. The van der Waals surface area contributed by atoms with Gasteiger partial charge in [-0.25, -0.2) is 4.79 Å². The predicted octanol–water partition coefficient (Wildman–Crippen LogP) is 3.43. The summed E-state index contributed by atoms with van der Waals surface area (Å²) in [5.74, 6) is 1.07. The van der Waals surface area contributed by atoms with Crippen molar-refractivity contribution < 1.29 is 23.6 Å². The molecule has 0 fully saturated rings. The van der Waals surface area contributed by atoms with E-state index in [9.17, 15) is 9.00 Å². The number of hydrogen-bond acceptors (Lipinski definition) is 4. The van der Waals surface area contributed by atoms with Gasteiger partial charge in [-0.1, -0.05) is 36.4 Å². The minimum Gasteiger partial charge on any atom is -0.492 e. The highest BCUT2D eigenvalue weighted by atomic mass is 32.2. The molecule has 1 amide bonds. The van der Waals surface area contributed by atoms with E-state index in [1.165, 1.54) is 0 Å². The number of unbranched alkanes of at least 4 members (excludes halogenated alkanes) is 1. The first kappa shape index (κ1) is 19.8. The first-order chi connectivity index (χ1) is 12.6. The quantitative estimate of drug-likeness (QED) is 0.620. The van der Waals surface area contributed by atoms with Crippen molar-refractivity contribution in [3.05, 3.63) is 54.1 Å². The number of nitrogens with one attached hydrogen (secondary N) is 1. The van der Waals surface area contributed by atoms with E-state index in [0.717, 1.165) is 5.56 Å². The summed E-state index contributed by atoms with van der Waals surface area (Å²) >= 11 is 0. The maximum absolute atomic E-state index is 12.2. The molecule has 0 radical (unpaired) electrons. The van der Waals surface area contributed by atoms with Gasteiger partial charge in [0.05, 0.1) is 17.4 Å². The molecule has 1 atom stereocenters. The van der Waals surface area contributed by atoms with Crippen LogP contribution in [0.5, 0.6) is 11.5 Å². The number of carboxylic acid groups (broad SMARTS) is 1. The Balaban J connectivity index is 1.96. The lowest BCUT2D eigenvalue weighted by molar-refractivity contribution is 0.193. The smallest absolute Gasteiger partial charge is 0.404 e. The van der Waals surface area contributed by atoms with E-state index in [4.69, 9.17) is 14.6 Å². The van der Waals surface area contributed by atoms with Crippen LogP contribution in [0.4, 0.5) is 4.79 Å². The molecule has 2 rings (SSSR count). The normalized spacial score (nSPS) is 11.6. The van der Waals surface area contributed by atoms with Crippen molar-refractivity contribution in [2.75, 3.05) is 19.4 Å². The van der Waals surface area contributed by atoms with Crippen LogP contribution < -0.4 is 14.8 Å². The SMILES string of the molecule is CS(=O)c1c(OCCCCNC(=O)O)cccc1OCc1ccccc1. The van der Waals surface area contributed by atoms with Gasteiger partial charge in [0.2, 0.25) is 0 Å². The van der Waals surface area contributed by atoms with Crippen LogP contribution in [0.3, 0.4) is 0 Å². The Hall–Kier alpha value is -2.54. The van der Waals surface area contributed by atoms with E-state index >= 15 is 0 Å². The van der Waals surface area contributed by atoms with E-state index in [2.05, 4.69) is 5.32 Å². The number of ether oxygens (including phenoxy) is 2. The minimum absolute atomic E-state index is 0.380. The van der Waals surface area contributed by atoms with E-state index in [-0.39, 0.29) is 0 Å². The van der Waals surface area contributed by atoms with Crippen molar-refractivity contribution in [2.45, 2.75) is 24.3 Å². The molecule has 6 nitrogen and oxygen atoms in total. The highest BCUT2D eigenvalue weighted by Crippen LogP contribution is 2.32.